The highest BCUT2D eigenvalue weighted by molar-refractivity contribution is 5.54. The van der Waals surface area contributed by atoms with Crippen molar-refractivity contribution in [3.63, 3.8) is 0 Å². The van der Waals surface area contributed by atoms with E-state index >= 15 is 0 Å². The third kappa shape index (κ3) is 3.21. The summed E-state index contributed by atoms with van der Waals surface area (Å²) in [6.45, 7) is 6.41. The summed E-state index contributed by atoms with van der Waals surface area (Å²) in [5, 5.41) is 0. The second kappa shape index (κ2) is 5.67. The van der Waals surface area contributed by atoms with Crippen LogP contribution in [0.5, 0.6) is 0 Å². The molecule has 0 saturated carbocycles. The fourth-order valence-electron chi connectivity index (χ4n) is 2.41. The van der Waals surface area contributed by atoms with Gasteiger partial charge < -0.3 is 15.4 Å². The van der Waals surface area contributed by atoms with Crippen LogP contribution in [0.25, 0.3) is 0 Å². The molecule has 0 bridgehead atoms. The first kappa shape index (κ1) is 13.3. The van der Waals surface area contributed by atoms with E-state index in [1.54, 1.807) is 6.07 Å². The molecule has 0 aromatic heterocycles. The number of nitrogens with two attached hydrogens (primary N) is 1. The summed E-state index contributed by atoms with van der Waals surface area (Å²) in [6.07, 6.45) is 0.908. The van der Waals surface area contributed by atoms with E-state index in [0.717, 1.165) is 30.9 Å². The zero-order valence-electron chi connectivity index (χ0n) is 11.0. The molecule has 4 heteroatoms. The highest BCUT2D eigenvalue weighted by Gasteiger charge is 2.19. The molecule has 0 radical (unpaired) electrons. The minimum atomic E-state index is -0.198. The number of morpholine rings is 1. The quantitative estimate of drug-likeness (QED) is 0.893. The topological polar surface area (TPSA) is 38.5 Å². The van der Waals surface area contributed by atoms with Gasteiger partial charge in [-0.05, 0) is 44.0 Å². The normalized spacial score (nSPS) is 22.0. The summed E-state index contributed by atoms with van der Waals surface area (Å²) < 4.78 is 18.9. The van der Waals surface area contributed by atoms with E-state index in [1.807, 2.05) is 13.0 Å². The molecule has 1 aromatic rings. The molecule has 2 atom stereocenters. The molecule has 2 rings (SSSR count). The molecule has 0 aliphatic carbocycles. The Labute approximate surface area is 108 Å². The van der Waals surface area contributed by atoms with Gasteiger partial charge in [-0.1, -0.05) is 0 Å². The highest BCUT2D eigenvalue weighted by Crippen LogP contribution is 2.24. The molecule has 2 N–H and O–H groups in total. The van der Waals surface area contributed by atoms with Gasteiger partial charge in [0.2, 0.25) is 0 Å². The Balaban J connectivity index is 2.25. The number of ether oxygens (including phenoxy) is 1. The van der Waals surface area contributed by atoms with E-state index in [9.17, 15) is 4.39 Å². The molecular formula is C14H21FN2O. The van der Waals surface area contributed by atoms with Gasteiger partial charge in [-0.15, -0.1) is 0 Å². The minimum absolute atomic E-state index is 0.0315. The predicted molar refractivity (Wildman–Crippen MR) is 71.4 cm³/mol. The predicted octanol–water partition coefficient (Wildman–Crippen LogP) is 1.94. The van der Waals surface area contributed by atoms with Crippen LogP contribution in [0.2, 0.25) is 0 Å². The van der Waals surface area contributed by atoms with Crippen molar-refractivity contribution in [3.05, 3.63) is 29.6 Å². The Hall–Kier alpha value is -1.13. The second-order valence-electron chi connectivity index (χ2n) is 5.08. The Morgan fingerprint density at radius 3 is 3.00 bits per heavy atom. The fourth-order valence-corrected chi connectivity index (χ4v) is 2.41. The van der Waals surface area contributed by atoms with E-state index < -0.39 is 0 Å². The maximum absolute atomic E-state index is 13.4. The first-order valence-electron chi connectivity index (χ1n) is 6.47. The molecule has 1 aliphatic rings. The molecule has 3 nitrogen and oxygen atoms in total. The van der Waals surface area contributed by atoms with Gasteiger partial charge >= 0.3 is 0 Å². The summed E-state index contributed by atoms with van der Waals surface area (Å²) in [5.74, 6) is -0.198. The van der Waals surface area contributed by atoms with Crippen molar-refractivity contribution in [2.75, 3.05) is 24.6 Å². The highest BCUT2D eigenvalue weighted by atomic mass is 19.1. The lowest BCUT2D eigenvalue weighted by atomic mass is 10.0. The molecule has 2 unspecified atom stereocenters. The van der Waals surface area contributed by atoms with Gasteiger partial charge in [0.05, 0.1) is 12.7 Å². The van der Waals surface area contributed by atoms with Crippen LogP contribution < -0.4 is 10.6 Å². The van der Waals surface area contributed by atoms with Crippen LogP contribution in [-0.4, -0.2) is 31.8 Å². The van der Waals surface area contributed by atoms with Gasteiger partial charge in [-0.25, -0.2) is 4.39 Å². The summed E-state index contributed by atoms with van der Waals surface area (Å²) in [6, 6.07) is 4.99. The number of rotatable bonds is 3. The van der Waals surface area contributed by atoms with Crippen molar-refractivity contribution >= 4 is 5.69 Å². The Morgan fingerprint density at radius 1 is 1.56 bits per heavy atom. The van der Waals surface area contributed by atoms with Gasteiger partial charge in [0.15, 0.2) is 0 Å². The number of hydrogen-bond donors (Lipinski definition) is 1. The van der Waals surface area contributed by atoms with Crippen LogP contribution in [-0.2, 0) is 11.2 Å². The standard InChI is InChI=1S/C14H21FN2O/c1-10(16)7-12-8-13(15)3-4-14(12)17-5-6-18-11(2)9-17/h3-4,8,10-11H,5-7,9,16H2,1-2H3. The van der Waals surface area contributed by atoms with E-state index in [-0.39, 0.29) is 18.0 Å². The second-order valence-corrected chi connectivity index (χ2v) is 5.08. The van der Waals surface area contributed by atoms with E-state index in [2.05, 4.69) is 11.8 Å². The summed E-state index contributed by atoms with van der Waals surface area (Å²) in [7, 11) is 0. The average molecular weight is 252 g/mol. The summed E-state index contributed by atoms with van der Waals surface area (Å²) >= 11 is 0. The number of benzene rings is 1. The maximum atomic E-state index is 13.4. The van der Waals surface area contributed by atoms with Crippen molar-refractivity contribution in [1.82, 2.24) is 0 Å². The number of nitrogens with zero attached hydrogens (tertiary/aromatic N) is 1. The van der Waals surface area contributed by atoms with Crippen LogP contribution >= 0.6 is 0 Å². The summed E-state index contributed by atoms with van der Waals surface area (Å²) in [4.78, 5) is 2.26. The largest absolute Gasteiger partial charge is 0.375 e. The van der Waals surface area contributed by atoms with Gasteiger partial charge in [0.1, 0.15) is 5.82 Å². The number of anilines is 1. The van der Waals surface area contributed by atoms with E-state index in [4.69, 9.17) is 10.5 Å². The zero-order chi connectivity index (χ0) is 13.1. The molecule has 1 saturated heterocycles. The van der Waals surface area contributed by atoms with Crippen LogP contribution in [0.3, 0.4) is 0 Å². The lowest BCUT2D eigenvalue weighted by molar-refractivity contribution is 0.0531. The molecule has 1 aliphatic heterocycles. The van der Waals surface area contributed by atoms with E-state index in [1.165, 1.54) is 6.07 Å². The lowest BCUT2D eigenvalue weighted by Gasteiger charge is -2.34. The molecule has 0 spiro atoms. The first-order chi connectivity index (χ1) is 8.56. The third-order valence-electron chi connectivity index (χ3n) is 3.17. The lowest BCUT2D eigenvalue weighted by Crippen LogP contribution is -2.41. The van der Waals surface area contributed by atoms with Gasteiger partial charge in [0.25, 0.3) is 0 Å². The van der Waals surface area contributed by atoms with Crippen molar-refractivity contribution in [2.24, 2.45) is 5.73 Å². The van der Waals surface area contributed by atoms with Crippen LogP contribution in [0.15, 0.2) is 18.2 Å². The molecule has 1 aromatic carbocycles. The van der Waals surface area contributed by atoms with Gasteiger partial charge in [-0.2, -0.15) is 0 Å². The third-order valence-corrected chi connectivity index (χ3v) is 3.17. The van der Waals surface area contributed by atoms with Crippen LogP contribution in [0, 0.1) is 5.82 Å². The number of hydrogen-bond acceptors (Lipinski definition) is 3. The first-order valence-corrected chi connectivity index (χ1v) is 6.47. The van der Waals surface area contributed by atoms with E-state index in [0.29, 0.717) is 6.42 Å². The monoisotopic (exact) mass is 252 g/mol. The number of halogens is 1. The van der Waals surface area contributed by atoms with Crippen molar-refractivity contribution in [2.45, 2.75) is 32.4 Å². The summed E-state index contributed by atoms with van der Waals surface area (Å²) in [5.41, 5.74) is 7.91. The smallest absolute Gasteiger partial charge is 0.123 e. The Kier molecular flexibility index (Phi) is 4.19. The maximum Gasteiger partial charge on any atom is 0.123 e. The SMILES string of the molecule is CC(N)Cc1cc(F)ccc1N1CCOC(C)C1. The Morgan fingerprint density at radius 2 is 2.33 bits per heavy atom. The van der Waals surface area contributed by atoms with Crippen LogP contribution in [0.1, 0.15) is 19.4 Å². The van der Waals surface area contributed by atoms with Gasteiger partial charge in [0, 0.05) is 24.8 Å². The molecule has 1 heterocycles. The Bertz CT molecular complexity index is 409. The molecular weight excluding hydrogens is 231 g/mol. The molecule has 100 valence electrons. The fraction of sp³-hybridized carbons (Fsp3) is 0.571. The van der Waals surface area contributed by atoms with Crippen LogP contribution in [0.4, 0.5) is 10.1 Å². The zero-order valence-corrected chi connectivity index (χ0v) is 11.0. The molecule has 0 amide bonds. The van der Waals surface area contributed by atoms with Crippen molar-refractivity contribution < 1.29 is 9.13 Å². The molecule has 1 fully saturated rings. The van der Waals surface area contributed by atoms with Crippen molar-refractivity contribution in [1.29, 1.82) is 0 Å². The van der Waals surface area contributed by atoms with Gasteiger partial charge in [-0.3, -0.25) is 0 Å². The minimum Gasteiger partial charge on any atom is -0.375 e. The average Bonchev–Trinajstić information content (AvgIpc) is 2.28. The molecule has 18 heavy (non-hydrogen) atoms. The van der Waals surface area contributed by atoms with Crippen molar-refractivity contribution in [3.8, 4) is 0 Å².